The van der Waals surface area contributed by atoms with Gasteiger partial charge in [0.2, 0.25) is 0 Å². The minimum atomic E-state index is 0. The Morgan fingerprint density at radius 2 is 1.50 bits per heavy atom. The first-order chi connectivity index (χ1) is 2.41. The molecule has 0 aliphatic carbocycles. The van der Waals surface area contributed by atoms with Crippen molar-refractivity contribution in [3.8, 4) is 0 Å². The van der Waals surface area contributed by atoms with Crippen LogP contribution >= 0.6 is 0 Å². The second-order valence-electron chi connectivity index (χ2n) is 0.957. The highest BCUT2D eigenvalue weighted by Crippen LogP contribution is 1.47. The van der Waals surface area contributed by atoms with Crippen molar-refractivity contribution in [1.82, 2.24) is 5.32 Å². The Kier molecular flexibility index (Phi) is 13.8. The Labute approximate surface area is 40.8 Å². The fourth-order valence-corrected chi connectivity index (χ4v) is 0.250. The number of hydrogen-bond acceptors (Lipinski definition) is 1. The molecule has 1 heteroatoms. The van der Waals surface area contributed by atoms with Crippen LogP contribution in [-0.2, 0) is 0 Å². The van der Waals surface area contributed by atoms with Crippen LogP contribution in [0.3, 0.4) is 0 Å². The molecule has 0 fully saturated rings. The monoisotopic (exact) mass is 85.1 g/mol. The highest BCUT2D eigenvalue weighted by Gasteiger charge is 1.62. The van der Waals surface area contributed by atoms with Crippen LogP contribution < -0.4 is 5.32 Å². The van der Waals surface area contributed by atoms with Gasteiger partial charge in [-0.1, -0.05) is 13.8 Å². The molecule has 0 aromatic heterocycles. The van der Waals surface area contributed by atoms with Crippen molar-refractivity contribution in [3.63, 3.8) is 0 Å². The molecule has 6 heavy (non-hydrogen) atoms. The van der Waals surface area contributed by atoms with E-state index in [0.717, 1.165) is 13.1 Å². The van der Waals surface area contributed by atoms with Gasteiger partial charge in [0.25, 0.3) is 0 Å². The lowest BCUT2D eigenvalue weighted by Crippen LogP contribution is -2.09. The first-order valence-electron chi connectivity index (χ1n) is 2.12. The second-order valence-corrected chi connectivity index (χ2v) is 0.957. The summed E-state index contributed by atoms with van der Waals surface area (Å²) in [5.41, 5.74) is 0. The molecule has 0 amide bonds. The standard InChI is InChI=1S/C4H11N.C/c1-3-5-4-2;/h5H,3-4H2,1-2H3;. The topological polar surface area (TPSA) is 12.0 Å². The maximum absolute atomic E-state index is 3.11. The van der Waals surface area contributed by atoms with Gasteiger partial charge < -0.3 is 5.32 Å². The van der Waals surface area contributed by atoms with E-state index >= 15 is 0 Å². The molecule has 0 spiro atoms. The van der Waals surface area contributed by atoms with Gasteiger partial charge in [0.1, 0.15) is 0 Å². The van der Waals surface area contributed by atoms with Crippen LogP contribution in [0, 0.1) is 7.43 Å². The van der Waals surface area contributed by atoms with E-state index in [9.17, 15) is 0 Å². The average Bonchev–Trinajstić information content (AvgIpc) is 1.41. The largest absolute Gasteiger partial charge is 0.317 e. The molecule has 0 bridgehead atoms. The molecule has 4 radical (unpaired) electrons. The van der Waals surface area contributed by atoms with Crippen LogP contribution in [0.5, 0.6) is 0 Å². The van der Waals surface area contributed by atoms with Gasteiger partial charge in [-0.05, 0) is 13.1 Å². The van der Waals surface area contributed by atoms with E-state index in [1.165, 1.54) is 0 Å². The zero-order valence-corrected chi connectivity index (χ0v) is 4.41. The molecule has 0 aliphatic heterocycles. The first kappa shape index (κ1) is 9.35. The Bertz CT molecular complexity index is 11.4. The van der Waals surface area contributed by atoms with Gasteiger partial charge in [0.15, 0.2) is 0 Å². The highest BCUT2D eigenvalue weighted by atomic mass is 14.8. The minimum absolute atomic E-state index is 0. The zero-order chi connectivity index (χ0) is 4.12. The number of rotatable bonds is 2. The SMILES string of the molecule is CCNCC.[C]. The third kappa shape index (κ3) is 9.03. The molecule has 0 unspecified atom stereocenters. The average molecular weight is 85.1 g/mol. The van der Waals surface area contributed by atoms with Crippen LogP contribution in [-0.4, -0.2) is 13.1 Å². The summed E-state index contributed by atoms with van der Waals surface area (Å²) in [6.07, 6.45) is 0. The van der Waals surface area contributed by atoms with Crippen LogP contribution in [0.2, 0.25) is 0 Å². The van der Waals surface area contributed by atoms with Crippen LogP contribution in [0.25, 0.3) is 0 Å². The normalized spacial score (nSPS) is 7.00. The van der Waals surface area contributed by atoms with Gasteiger partial charge in [-0.3, -0.25) is 0 Å². The summed E-state index contributed by atoms with van der Waals surface area (Å²) in [4.78, 5) is 0. The second kappa shape index (κ2) is 8.88. The summed E-state index contributed by atoms with van der Waals surface area (Å²) in [6, 6.07) is 0. The van der Waals surface area contributed by atoms with Crippen LogP contribution in [0.4, 0.5) is 0 Å². The maximum Gasteiger partial charge on any atom is 0 e. The van der Waals surface area contributed by atoms with Crippen molar-refractivity contribution in [2.24, 2.45) is 0 Å². The van der Waals surface area contributed by atoms with Crippen molar-refractivity contribution in [2.45, 2.75) is 13.8 Å². The van der Waals surface area contributed by atoms with Gasteiger partial charge in [-0.2, -0.15) is 0 Å². The van der Waals surface area contributed by atoms with E-state index in [-0.39, 0.29) is 7.43 Å². The van der Waals surface area contributed by atoms with E-state index in [4.69, 9.17) is 0 Å². The van der Waals surface area contributed by atoms with Crippen molar-refractivity contribution in [1.29, 1.82) is 0 Å². The fourth-order valence-electron chi connectivity index (χ4n) is 0.250. The molecular weight excluding hydrogens is 74.1 g/mol. The third-order valence-corrected chi connectivity index (χ3v) is 0.500. The predicted octanol–water partition coefficient (Wildman–Crippen LogP) is 0.697. The molecule has 36 valence electrons. The Morgan fingerprint density at radius 3 is 1.50 bits per heavy atom. The molecule has 1 N–H and O–H groups in total. The number of nitrogens with one attached hydrogen (secondary N) is 1. The van der Waals surface area contributed by atoms with E-state index < -0.39 is 0 Å². The van der Waals surface area contributed by atoms with Gasteiger partial charge in [0.05, 0.1) is 0 Å². The molecule has 0 heterocycles. The lowest BCUT2D eigenvalue weighted by Gasteiger charge is -1.86. The smallest absolute Gasteiger partial charge is 0 e. The maximum atomic E-state index is 3.11. The van der Waals surface area contributed by atoms with Crippen molar-refractivity contribution >= 4 is 0 Å². The van der Waals surface area contributed by atoms with Crippen molar-refractivity contribution in [2.75, 3.05) is 13.1 Å². The lowest BCUT2D eigenvalue weighted by molar-refractivity contribution is 0.762. The Hall–Kier alpha value is -0.0400. The summed E-state index contributed by atoms with van der Waals surface area (Å²) in [5, 5.41) is 3.11. The van der Waals surface area contributed by atoms with E-state index in [1.807, 2.05) is 0 Å². The molecule has 0 aliphatic rings. The zero-order valence-electron chi connectivity index (χ0n) is 4.41. The quantitative estimate of drug-likeness (QED) is 0.520. The number of hydrogen-bond donors (Lipinski definition) is 1. The summed E-state index contributed by atoms with van der Waals surface area (Å²) in [5.74, 6) is 0. The van der Waals surface area contributed by atoms with E-state index in [1.54, 1.807) is 0 Å². The van der Waals surface area contributed by atoms with Crippen molar-refractivity contribution < 1.29 is 0 Å². The van der Waals surface area contributed by atoms with Crippen molar-refractivity contribution in [3.05, 3.63) is 7.43 Å². The molecule has 0 saturated heterocycles. The van der Waals surface area contributed by atoms with Gasteiger partial charge in [-0.15, -0.1) is 0 Å². The van der Waals surface area contributed by atoms with Gasteiger partial charge in [0, 0.05) is 7.43 Å². The van der Waals surface area contributed by atoms with Gasteiger partial charge >= 0.3 is 0 Å². The highest BCUT2D eigenvalue weighted by molar-refractivity contribution is 4.27. The van der Waals surface area contributed by atoms with Crippen LogP contribution in [0.1, 0.15) is 13.8 Å². The molecule has 0 rings (SSSR count). The Balaban J connectivity index is 0. The molecule has 0 saturated carbocycles. The molecule has 0 aromatic carbocycles. The molecule has 1 nitrogen and oxygen atoms in total. The fraction of sp³-hybridized carbons (Fsp3) is 0.800. The molecule has 0 aromatic rings. The lowest BCUT2D eigenvalue weighted by atomic mass is 10.7. The summed E-state index contributed by atoms with van der Waals surface area (Å²) in [7, 11) is 0. The van der Waals surface area contributed by atoms with E-state index in [0.29, 0.717) is 0 Å². The van der Waals surface area contributed by atoms with E-state index in [2.05, 4.69) is 19.2 Å². The minimum Gasteiger partial charge on any atom is -0.317 e. The van der Waals surface area contributed by atoms with Crippen LogP contribution in [0.15, 0.2) is 0 Å². The molecular formula is C5H11N. The first-order valence-corrected chi connectivity index (χ1v) is 2.12. The summed E-state index contributed by atoms with van der Waals surface area (Å²) in [6.45, 7) is 6.39. The molecule has 0 atom stereocenters. The third-order valence-electron chi connectivity index (χ3n) is 0.500. The van der Waals surface area contributed by atoms with Gasteiger partial charge in [-0.25, -0.2) is 0 Å². The summed E-state index contributed by atoms with van der Waals surface area (Å²) < 4.78 is 0. The summed E-state index contributed by atoms with van der Waals surface area (Å²) >= 11 is 0. The predicted molar refractivity (Wildman–Crippen MR) is 27.5 cm³/mol. The Morgan fingerprint density at radius 1 is 1.17 bits per heavy atom.